The summed E-state index contributed by atoms with van der Waals surface area (Å²) in [5, 5.41) is 20.6. The number of aromatic hydroxyl groups is 1. The zero-order chi connectivity index (χ0) is 17.8. The molecule has 0 aliphatic rings. The highest BCUT2D eigenvalue weighted by molar-refractivity contribution is 6.33. The van der Waals surface area contributed by atoms with Crippen LogP contribution < -0.4 is 0 Å². The van der Waals surface area contributed by atoms with Gasteiger partial charge in [0.15, 0.2) is 0 Å². The van der Waals surface area contributed by atoms with Gasteiger partial charge in [-0.05, 0) is 41.5 Å². The van der Waals surface area contributed by atoms with E-state index in [1.807, 2.05) is 24.3 Å². The van der Waals surface area contributed by atoms with Gasteiger partial charge in [-0.15, -0.1) is 0 Å². The second kappa shape index (κ2) is 7.15. The molecule has 1 N–H and O–H groups in total. The lowest BCUT2D eigenvalue weighted by Crippen LogP contribution is -1.89. The molecule has 0 bridgehead atoms. The highest BCUT2D eigenvalue weighted by Crippen LogP contribution is 2.31. The number of aliphatic imine (C=N–C) groups is 1. The number of nitrogens with zero attached hydrogens (tertiary/aromatic N) is 2. The normalized spacial score (nSPS) is 10.9. The fourth-order valence-corrected chi connectivity index (χ4v) is 2.51. The molecule has 0 amide bonds. The molecule has 0 heterocycles. The number of non-ortho nitro benzene ring substituents is 1. The van der Waals surface area contributed by atoms with Gasteiger partial charge in [-0.2, -0.15) is 0 Å². The molecule has 5 nitrogen and oxygen atoms in total. The topological polar surface area (TPSA) is 75.7 Å². The van der Waals surface area contributed by atoms with Crippen LogP contribution in [0.3, 0.4) is 0 Å². The second-order valence-electron chi connectivity index (χ2n) is 5.32. The van der Waals surface area contributed by atoms with E-state index in [2.05, 4.69) is 4.99 Å². The van der Waals surface area contributed by atoms with E-state index >= 15 is 0 Å². The average Bonchev–Trinajstić information content (AvgIpc) is 2.62. The molecule has 3 rings (SSSR count). The first-order valence-electron chi connectivity index (χ1n) is 7.40. The quantitative estimate of drug-likeness (QED) is 0.389. The third kappa shape index (κ3) is 4.02. The Hall–Kier alpha value is -3.18. The van der Waals surface area contributed by atoms with E-state index in [1.165, 1.54) is 18.2 Å². The maximum Gasteiger partial charge on any atom is 0.270 e. The van der Waals surface area contributed by atoms with Crippen molar-refractivity contribution in [3.05, 3.63) is 87.4 Å². The zero-order valence-electron chi connectivity index (χ0n) is 13.0. The van der Waals surface area contributed by atoms with Gasteiger partial charge in [0.2, 0.25) is 0 Å². The molecule has 0 spiro atoms. The highest BCUT2D eigenvalue weighted by Gasteiger charge is 2.11. The van der Waals surface area contributed by atoms with Crippen molar-refractivity contribution in [3.63, 3.8) is 0 Å². The predicted molar refractivity (Wildman–Crippen MR) is 98.9 cm³/mol. The third-order valence-electron chi connectivity index (χ3n) is 3.59. The summed E-state index contributed by atoms with van der Waals surface area (Å²) < 4.78 is 0. The van der Waals surface area contributed by atoms with Gasteiger partial charge in [-0.3, -0.25) is 15.1 Å². The van der Waals surface area contributed by atoms with Crippen molar-refractivity contribution in [2.75, 3.05) is 0 Å². The minimum Gasteiger partial charge on any atom is -0.508 e. The van der Waals surface area contributed by atoms with Gasteiger partial charge < -0.3 is 5.11 Å². The summed E-state index contributed by atoms with van der Waals surface area (Å²) in [6.45, 7) is 0. The largest absolute Gasteiger partial charge is 0.508 e. The van der Waals surface area contributed by atoms with Crippen molar-refractivity contribution in [2.24, 2.45) is 4.99 Å². The molecule has 0 unspecified atom stereocenters. The van der Waals surface area contributed by atoms with E-state index in [-0.39, 0.29) is 11.4 Å². The smallest absolute Gasteiger partial charge is 0.270 e. The molecule has 0 aliphatic heterocycles. The van der Waals surface area contributed by atoms with Gasteiger partial charge in [0.1, 0.15) is 5.75 Å². The molecule has 0 aliphatic carbocycles. The molecule has 25 heavy (non-hydrogen) atoms. The molecule has 0 saturated heterocycles. The lowest BCUT2D eigenvalue weighted by atomic mass is 10.0. The van der Waals surface area contributed by atoms with E-state index in [1.54, 1.807) is 30.5 Å². The molecule has 0 fully saturated rings. The summed E-state index contributed by atoms with van der Waals surface area (Å²) >= 11 is 6.16. The Morgan fingerprint density at radius 2 is 1.68 bits per heavy atom. The first-order valence-corrected chi connectivity index (χ1v) is 7.78. The first kappa shape index (κ1) is 16.7. The minimum atomic E-state index is -0.446. The average molecular weight is 353 g/mol. The summed E-state index contributed by atoms with van der Waals surface area (Å²) in [5.74, 6) is 0.192. The SMILES string of the molecule is O=[N+]([O-])c1ccc(Cl)c(-c2ccc(C=Nc3ccc(O)cc3)cc2)c1. The molecule has 6 heteroatoms. The Labute approximate surface area is 149 Å². The van der Waals surface area contributed by atoms with E-state index in [4.69, 9.17) is 11.6 Å². The van der Waals surface area contributed by atoms with Crippen molar-refractivity contribution in [3.8, 4) is 16.9 Å². The van der Waals surface area contributed by atoms with Crippen LogP contribution >= 0.6 is 11.6 Å². The molecule has 3 aromatic carbocycles. The van der Waals surface area contributed by atoms with Gasteiger partial charge in [0, 0.05) is 28.9 Å². The fourth-order valence-electron chi connectivity index (χ4n) is 2.28. The Morgan fingerprint density at radius 1 is 1.00 bits per heavy atom. The van der Waals surface area contributed by atoms with Gasteiger partial charge in [0.25, 0.3) is 5.69 Å². The summed E-state index contributed by atoms with van der Waals surface area (Å²) in [7, 11) is 0. The molecule has 124 valence electrons. The summed E-state index contributed by atoms with van der Waals surface area (Å²) in [4.78, 5) is 14.8. The number of benzene rings is 3. The summed E-state index contributed by atoms with van der Waals surface area (Å²) in [6.07, 6.45) is 1.70. The number of rotatable bonds is 4. The summed E-state index contributed by atoms with van der Waals surface area (Å²) in [5.41, 5.74) is 2.99. The van der Waals surface area contributed by atoms with Crippen LogP contribution in [-0.4, -0.2) is 16.2 Å². The molecule has 0 aromatic heterocycles. The number of nitro groups is 1. The molecule has 3 aromatic rings. The van der Waals surface area contributed by atoms with Crippen molar-refractivity contribution < 1.29 is 10.0 Å². The second-order valence-corrected chi connectivity index (χ2v) is 5.73. The van der Waals surface area contributed by atoms with Crippen LogP contribution in [0.15, 0.2) is 71.7 Å². The Morgan fingerprint density at radius 3 is 2.32 bits per heavy atom. The third-order valence-corrected chi connectivity index (χ3v) is 3.92. The van der Waals surface area contributed by atoms with E-state index in [9.17, 15) is 15.2 Å². The Balaban J connectivity index is 1.84. The van der Waals surface area contributed by atoms with Crippen molar-refractivity contribution in [1.82, 2.24) is 0 Å². The van der Waals surface area contributed by atoms with Gasteiger partial charge in [0.05, 0.1) is 10.6 Å². The Kier molecular flexibility index (Phi) is 4.77. The fraction of sp³-hybridized carbons (Fsp3) is 0. The first-order chi connectivity index (χ1) is 12.0. The maximum atomic E-state index is 10.9. The number of hydrogen-bond donors (Lipinski definition) is 1. The lowest BCUT2D eigenvalue weighted by Gasteiger charge is -2.05. The van der Waals surface area contributed by atoms with E-state index in [0.717, 1.165) is 16.8 Å². The number of hydrogen-bond acceptors (Lipinski definition) is 4. The molecule has 0 saturated carbocycles. The predicted octanol–water partition coefficient (Wildman–Crippen LogP) is 5.37. The standard InChI is InChI=1S/C19H13ClN2O3/c20-19-10-7-16(22(24)25)11-18(19)14-3-1-13(2-4-14)12-21-15-5-8-17(23)9-6-15/h1-12,23H. The van der Waals surface area contributed by atoms with Crippen LogP contribution in [0.2, 0.25) is 5.02 Å². The molecule has 0 radical (unpaired) electrons. The number of phenolic OH excluding ortho intramolecular Hbond substituents is 1. The van der Waals surface area contributed by atoms with Crippen molar-refractivity contribution in [1.29, 1.82) is 0 Å². The van der Waals surface area contributed by atoms with E-state index in [0.29, 0.717) is 10.6 Å². The van der Waals surface area contributed by atoms with Crippen LogP contribution in [0.5, 0.6) is 5.75 Å². The van der Waals surface area contributed by atoms with Gasteiger partial charge in [-0.25, -0.2) is 0 Å². The number of phenols is 1. The Bertz CT molecular complexity index is 936. The van der Waals surface area contributed by atoms with Gasteiger partial charge in [-0.1, -0.05) is 35.9 Å². The molecular weight excluding hydrogens is 340 g/mol. The van der Waals surface area contributed by atoms with Crippen LogP contribution in [-0.2, 0) is 0 Å². The number of nitro benzene ring substituents is 1. The zero-order valence-corrected chi connectivity index (χ0v) is 13.7. The summed E-state index contributed by atoms with van der Waals surface area (Å²) in [6, 6.07) is 18.3. The molecular formula is C19H13ClN2O3. The van der Waals surface area contributed by atoms with Crippen molar-refractivity contribution in [2.45, 2.75) is 0 Å². The van der Waals surface area contributed by atoms with Crippen molar-refractivity contribution >= 4 is 29.2 Å². The van der Waals surface area contributed by atoms with Crippen LogP contribution in [0.4, 0.5) is 11.4 Å². The number of halogens is 1. The highest BCUT2D eigenvalue weighted by atomic mass is 35.5. The minimum absolute atomic E-state index is 0.00244. The lowest BCUT2D eigenvalue weighted by molar-refractivity contribution is -0.384. The van der Waals surface area contributed by atoms with Crippen LogP contribution in [0, 0.1) is 10.1 Å². The maximum absolute atomic E-state index is 10.9. The molecule has 0 atom stereocenters. The monoisotopic (exact) mass is 352 g/mol. The van der Waals surface area contributed by atoms with Crippen LogP contribution in [0.25, 0.3) is 11.1 Å². The van der Waals surface area contributed by atoms with Gasteiger partial charge >= 0.3 is 0 Å². The van der Waals surface area contributed by atoms with E-state index < -0.39 is 4.92 Å². The van der Waals surface area contributed by atoms with Crippen LogP contribution in [0.1, 0.15) is 5.56 Å².